The fraction of sp³-hybridized carbons (Fsp3) is 0.529. The van der Waals surface area contributed by atoms with Gasteiger partial charge < -0.3 is 0 Å². The molecule has 1 aromatic rings. The van der Waals surface area contributed by atoms with Crippen molar-refractivity contribution in [2.45, 2.75) is 51.6 Å². The summed E-state index contributed by atoms with van der Waals surface area (Å²) in [6, 6.07) is 3.87. The van der Waals surface area contributed by atoms with Gasteiger partial charge in [0.1, 0.15) is 5.82 Å². The van der Waals surface area contributed by atoms with Crippen molar-refractivity contribution in [1.82, 2.24) is 4.98 Å². The molecule has 5 heteroatoms. The molecule has 1 aliphatic rings. The summed E-state index contributed by atoms with van der Waals surface area (Å²) in [5, 5.41) is -1.66. The lowest BCUT2D eigenvalue weighted by atomic mass is 10.2. The van der Waals surface area contributed by atoms with E-state index in [4.69, 9.17) is 11.6 Å². The smallest absolute Gasteiger partial charge is 0.251 e. The van der Waals surface area contributed by atoms with E-state index in [-0.39, 0.29) is 12.3 Å². The van der Waals surface area contributed by atoms with Gasteiger partial charge in [0, 0.05) is 12.7 Å². The number of nitrogens with zero attached hydrogens (tertiary/aromatic N) is 2. The molecule has 0 bridgehead atoms. The van der Waals surface area contributed by atoms with E-state index < -0.39 is 5.13 Å². The highest BCUT2D eigenvalue weighted by Crippen LogP contribution is 2.25. The van der Waals surface area contributed by atoms with Gasteiger partial charge in [-0.3, -0.25) is 9.69 Å². The Morgan fingerprint density at radius 2 is 2.27 bits per heavy atom. The second-order valence-corrected chi connectivity index (χ2v) is 5.88. The number of hydrogen-bond donors (Lipinski definition) is 0. The van der Waals surface area contributed by atoms with E-state index in [0.29, 0.717) is 19.4 Å². The van der Waals surface area contributed by atoms with Crippen LogP contribution in [0.25, 0.3) is 0 Å². The maximum absolute atomic E-state index is 13.0. The monoisotopic (exact) mass is 326 g/mol. The number of carbonyl (C=O) groups is 1. The maximum atomic E-state index is 13.0. The topological polar surface area (TPSA) is 33.2 Å². The van der Waals surface area contributed by atoms with Crippen LogP contribution in [0.2, 0.25) is 0 Å². The molecule has 0 saturated carbocycles. The second-order valence-electron chi connectivity index (χ2n) is 5.09. The Kier molecular flexibility index (Phi) is 7.52. The Labute approximate surface area is 137 Å². The zero-order valence-electron chi connectivity index (χ0n) is 13.5. The molecule has 2 rings (SSSR count). The predicted molar refractivity (Wildman–Crippen MR) is 90.0 cm³/mol. The molecule has 122 valence electrons. The number of carbonyl (C=O) groups excluding carboxylic acids is 1. The number of aromatic nitrogens is 1. The molecule has 3 nitrogen and oxygen atoms in total. The van der Waals surface area contributed by atoms with E-state index in [2.05, 4.69) is 4.98 Å². The summed E-state index contributed by atoms with van der Waals surface area (Å²) in [5.74, 6) is 0.676. The van der Waals surface area contributed by atoms with E-state index in [0.717, 1.165) is 17.8 Å². The maximum Gasteiger partial charge on any atom is 0.251 e. The number of halogens is 2. The van der Waals surface area contributed by atoms with Crippen LogP contribution >= 0.6 is 11.6 Å². The van der Waals surface area contributed by atoms with Crippen LogP contribution in [0.15, 0.2) is 30.5 Å². The third-order valence-corrected chi connectivity index (χ3v) is 3.43. The van der Waals surface area contributed by atoms with Crippen molar-refractivity contribution in [2.75, 3.05) is 11.4 Å². The minimum Gasteiger partial charge on any atom is -0.293 e. The molecule has 1 atom stereocenters. The van der Waals surface area contributed by atoms with Crippen molar-refractivity contribution in [1.29, 1.82) is 0 Å². The van der Waals surface area contributed by atoms with Gasteiger partial charge in [-0.15, -0.1) is 0 Å². The fourth-order valence-corrected chi connectivity index (χ4v) is 2.36. The van der Waals surface area contributed by atoms with Crippen LogP contribution in [0.4, 0.5) is 10.2 Å². The minimum absolute atomic E-state index is 0.0728. The van der Waals surface area contributed by atoms with Crippen LogP contribution < -0.4 is 4.90 Å². The number of pyridine rings is 1. The van der Waals surface area contributed by atoms with Crippen LogP contribution in [-0.2, 0) is 11.2 Å². The van der Waals surface area contributed by atoms with Gasteiger partial charge in [-0.2, -0.15) is 0 Å². The summed E-state index contributed by atoms with van der Waals surface area (Å²) < 4.78 is 13.0. The molecule has 0 N–H and O–H groups in total. The predicted octanol–water partition coefficient (Wildman–Crippen LogP) is 4.65. The largest absolute Gasteiger partial charge is 0.293 e. The average Bonchev–Trinajstić information content (AvgIpc) is 2.91. The Balaban J connectivity index is 0.00000116. The SMILES string of the molecule is CC.CC(F)(Cl)CCC/C=C/C(=O)N1CCc2cccnc21. The lowest BCUT2D eigenvalue weighted by Crippen LogP contribution is -2.27. The molecular formula is C17H24ClFN2O. The van der Waals surface area contributed by atoms with Crippen LogP contribution in [-0.4, -0.2) is 22.6 Å². The molecule has 0 aliphatic carbocycles. The molecule has 0 saturated heterocycles. The normalized spacial score (nSPS) is 16.0. The van der Waals surface area contributed by atoms with Crippen LogP contribution in [0.3, 0.4) is 0 Å². The first-order chi connectivity index (χ1) is 10.5. The Hall–Kier alpha value is -1.42. The number of amides is 1. The summed E-state index contributed by atoms with van der Waals surface area (Å²) in [4.78, 5) is 18.0. The van der Waals surface area contributed by atoms with Gasteiger partial charge >= 0.3 is 0 Å². The third kappa shape index (κ3) is 5.76. The first kappa shape index (κ1) is 18.6. The number of anilines is 1. The van der Waals surface area contributed by atoms with Crippen LogP contribution in [0.1, 0.15) is 45.6 Å². The zero-order valence-corrected chi connectivity index (χ0v) is 14.2. The quantitative estimate of drug-likeness (QED) is 0.448. The van der Waals surface area contributed by atoms with Crippen molar-refractivity contribution >= 4 is 23.3 Å². The van der Waals surface area contributed by atoms with Gasteiger partial charge in [-0.1, -0.05) is 37.6 Å². The number of unbranched alkanes of at least 4 members (excludes halogenated alkanes) is 1. The van der Waals surface area contributed by atoms with Gasteiger partial charge in [0.15, 0.2) is 5.13 Å². The third-order valence-electron chi connectivity index (χ3n) is 3.24. The first-order valence-corrected chi connectivity index (χ1v) is 8.15. The van der Waals surface area contributed by atoms with Crippen molar-refractivity contribution < 1.29 is 9.18 Å². The number of allylic oxidation sites excluding steroid dienone is 1. The van der Waals surface area contributed by atoms with Crippen molar-refractivity contribution in [2.24, 2.45) is 0 Å². The van der Waals surface area contributed by atoms with E-state index in [9.17, 15) is 9.18 Å². The standard InChI is InChI=1S/C15H18ClFN2O.C2H6/c1-15(16,17)9-4-2-3-7-13(20)19-11-8-12-6-5-10-18-14(12)19;1-2/h3,5-7,10H,2,4,8-9,11H2,1H3;1-2H3/b7-3+;. The average molecular weight is 327 g/mol. The molecule has 0 aromatic carbocycles. The molecule has 1 aliphatic heterocycles. The zero-order chi connectivity index (χ0) is 16.6. The van der Waals surface area contributed by atoms with E-state index in [1.165, 1.54) is 13.0 Å². The molecule has 0 spiro atoms. The molecule has 0 fully saturated rings. The van der Waals surface area contributed by atoms with Gasteiger partial charge in [-0.25, -0.2) is 9.37 Å². The highest BCUT2D eigenvalue weighted by molar-refractivity contribution is 6.22. The fourth-order valence-electron chi connectivity index (χ4n) is 2.23. The van der Waals surface area contributed by atoms with Crippen molar-refractivity contribution in [3.63, 3.8) is 0 Å². The van der Waals surface area contributed by atoms with E-state index in [1.54, 1.807) is 17.2 Å². The summed E-state index contributed by atoms with van der Waals surface area (Å²) in [6.07, 6.45) is 7.38. The minimum atomic E-state index is -1.66. The highest BCUT2D eigenvalue weighted by Gasteiger charge is 2.23. The van der Waals surface area contributed by atoms with Crippen molar-refractivity contribution in [3.8, 4) is 0 Å². The summed E-state index contributed by atoms with van der Waals surface area (Å²) >= 11 is 5.46. The molecule has 0 radical (unpaired) electrons. The highest BCUT2D eigenvalue weighted by atomic mass is 35.5. The van der Waals surface area contributed by atoms with E-state index >= 15 is 0 Å². The molecule has 2 heterocycles. The lowest BCUT2D eigenvalue weighted by Gasteiger charge is -2.13. The number of fused-ring (bicyclic) bond motifs is 1. The summed E-state index contributed by atoms with van der Waals surface area (Å²) in [7, 11) is 0. The van der Waals surface area contributed by atoms with Crippen molar-refractivity contribution in [3.05, 3.63) is 36.0 Å². The first-order valence-electron chi connectivity index (χ1n) is 7.77. The summed E-state index contributed by atoms with van der Waals surface area (Å²) in [5.41, 5.74) is 1.10. The Morgan fingerprint density at radius 3 is 2.95 bits per heavy atom. The number of alkyl halides is 2. The Bertz CT molecular complexity index is 512. The molecular weight excluding hydrogens is 303 g/mol. The lowest BCUT2D eigenvalue weighted by molar-refractivity contribution is -0.114. The van der Waals surface area contributed by atoms with Crippen LogP contribution in [0.5, 0.6) is 0 Å². The van der Waals surface area contributed by atoms with Gasteiger partial charge in [0.05, 0.1) is 0 Å². The second kappa shape index (κ2) is 8.89. The van der Waals surface area contributed by atoms with E-state index in [1.807, 2.05) is 26.0 Å². The molecule has 1 amide bonds. The molecule has 1 aromatic heterocycles. The number of hydrogen-bond acceptors (Lipinski definition) is 2. The van der Waals surface area contributed by atoms with Crippen LogP contribution in [0, 0.1) is 0 Å². The number of rotatable bonds is 5. The molecule has 1 unspecified atom stereocenters. The summed E-state index contributed by atoms with van der Waals surface area (Å²) in [6.45, 7) is 6.01. The Morgan fingerprint density at radius 1 is 1.55 bits per heavy atom. The molecule has 22 heavy (non-hydrogen) atoms. The van der Waals surface area contributed by atoms with Gasteiger partial charge in [-0.05, 0) is 50.3 Å². The van der Waals surface area contributed by atoms with Gasteiger partial charge in [0.25, 0.3) is 5.91 Å². The van der Waals surface area contributed by atoms with Gasteiger partial charge in [0.2, 0.25) is 0 Å².